The molecule has 0 radical (unpaired) electrons. The summed E-state index contributed by atoms with van der Waals surface area (Å²) in [5.41, 5.74) is 0.687. The van der Waals surface area contributed by atoms with Crippen molar-refractivity contribution >= 4 is 21.8 Å². The molecule has 4 rings (SSSR count). The van der Waals surface area contributed by atoms with Crippen LogP contribution in [-0.4, -0.2) is 48.4 Å². The molecular weight excluding hydrogens is 422 g/mol. The molecule has 1 aromatic heterocycles. The molecule has 3 aromatic rings. The van der Waals surface area contributed by atoms with E-state index in [0.717, 1.165) is 25.0 Å². The van der Waals surface area contributed by atoms with Gasteiger partial charge in [0.05, 0.1) is 11.5 Å². The molecule has 2 aromatic carbocycles. The summed E-state index contributed by atoms with van der Waals surface area (Å²) in [5, 5.41) is 8.56. The SMILES string of the molecule is O=S(=O)(c1ccc(-c2nnc(SCCOc3ccccc3)o2)cc1)N1CCCCC1. The standard InChI is InChI=1S/C21H23N3O4S2/c25-30(26,24-13-5-2-6-14-24)19-11-9-17(10-12-19)20-22-23-21(28-20)29-16-15-27-18-7-3-1-4-8-18/h1,3-4,7-12H,2,5-6,13-16H2. The Bertz CT molecular complexity index is 1050. The summed E-state index contributed by atoms with van der Waals surface area (Å²) in [4.78, 5) is 0.292. The Morgan fingerprint density at radius 3 is 2.43 bits per heavy atom. The van der Waals surface area contributed by atoms with Crippen molar-refractivity contribution in [3.8, 4) is 17.2 Å². The Labute approximate surface area is 180 Å². The summed E-state index contributed by atoms with van der Waals surface area (Å²) < 4.78 is 38.4. The Kier molecular flexibility index (Phi) is 6.71. The summed E-state index contributed by atoms with van der Waals surface area (Å²) in [7, 11) is -3.44. The second-order valence-electron chi connectivity index (χ2n) is 6.87. The van der Waals surface area contributed by atoms with Crippen LogP contribution in [-0.2, 0) is 10.0 Å². The second kappa shape index (κ2) is 9.63. The highest BCUT2D eigenvalue weighted by molar-refractivity contribution is 7.99. The van der Waals surface area contributed by atoms with Crippen molar-refractivity contribution in [2.45, 2.75) is 29.4 Å². The van der Waals surface area contributed by atoms with E-state index in [1.165, 1.54) is 11.8 Å². The van der Waals surface area contributed by atoms with Gasteiger partial charge in [-0.25, -0.2) is 8.42 Å². The molecule has 1 aliphatic rings. The fourth-order valence-corrected chi connectivity index (χ4v) is 5.31. The zero-order valence-corrected chi connectivity index (χ0v) is 18.1. The van der Waals surface area contributed by atoms with Crippen LogP contribution in [0.2, 0.25) is 0 Å². The third-order valence-corrected chi connectivity index (χ3v) is 7.48. The van der Waals surface area contributed by atoms with E-state index < -0.39 is 10.0 Å². The Balaban J connectivity index is 1.34. The van der Waals surface area contributed by atoms with Gasteiger partial charge in [-0.1, -0.05) is 36.4 Å². The zero-order chi connectivity index (χ0) is 20.8. The van der Waals surface area contributed by atoms with Gasteiger partial charge in [0, 0.05) is 24.4 Å². The molecule has 0 saturated carbocycles. The van der Waals surface area contributed by atoms with Crippen LogP contribution in [0.15, 0.2) is 69.1 Å². The number of hydrogen-bond acceptors (Lipinski definition) is 7. The van der Waals surface area contributed by atoms with Crippen LogP contribution in [0, 0.1) is 0 Å². The third-order valence-electron chi connectivity index (χ3n) is 4.78. The number of ether oxygens (including phenoxy) is 1. The lowest BCUT2D eigenvalue weighted by atomic mass is 10.2. The van der Waals surface area contributed by atoms with Crippen LogP contribution < -0.4 is 4.74 Å². The van der Waals surface area contributed by atoms with Crippen molar-refractivity contribution in [2.75, 3.05) is 25.4 Å². The summed E-state index contributed by atoms with van der Waals surface area (Å²) in [5.74, 6) is 1.86. The van der Waals surface area contributed by atoms with Crippen molar-refractivity contribution in [3.63, 3.8) is 0 Å². The number of piperidine rings is 1. The normalized spacial score (nSPS) is 15.2. The molecule has 0 atom stereocenters. The van der Waals surface area contributed by atoms with Gasteiger partial charge in [0.1, 0.15) is 5.75 Å². The molecule has 9 heteroatoms. The van der Waals surface area contributed by atoms with Crippen LogP contribution in [0.3, 0.4) is 0 Å². The quantitative estimate of drug-likeness (QED) is 0.381. The molecule has 1 saturated heterocycles. The molecule has 30 heavy (non-hydrogen) atoms. The maximum absolute atomic E-state index is 12.7. The maximum Gasteiger partial charge on any atom is 0.276 e. The van der Waals surface area contributed by atoms with Crippen LogP contribution in [0.5, 0.6) is 5.75 Å². The van der Waals surface area contributed by atoms with Crippen LogP contribution in [0.1, 0.15) is 19.3 Å². The number of nitrogens with zero attached hydrogens (tertiary/aromatic N) is 3. The Morgan fingerprint density at radius 2 is 1.70 bits per heavy atom. The van der Waals surface area contributed by atoms with Gasteiger partial charge in [0.2, 0.25) is 15.9 Å². The van der Waals surface area contributed by atoms with E-state index in [2.05, 4.69) is 10.2 Å². The minimum Gasteiger partial charge on any atom is -0.493 e. The van der Waals surface area contributed by atoms with Gasteiger partial charge in [0.15, 0.2) is 0 Å². The van der Waals surface area contributed by atoms with Crippen LogP contribution in [0.25, 0.3) is 11.5 Å². The largest absolute Gasteiger partial charge is 0.493 e. The lowest BCUT2D eigenvalue weighted by molar-refractivity contribution is 0.343. The van der Waals surface area contributed by atoms with Crippen molar-refractivity contribution in [2.24, 2.45) is 0 Å². The number of sulfonamides is 1. The van der Waals surface area contributed by atoms with Crippen molar-refractivity contribution < 1.29 is 17.6 Å². The van der Waals surface area contributed by atoms with Gasteiger partial charge in [-0.2, -0.15) is 4.31 Å². The average molecular weight is 446 g/mol. The molecule has 1 fully saturated rings. The van der Waals surface area contributed by atoms with Gasteiger partial charge in [-0.3, -0.25) is 0 Å². The van der Waals surface area contributed by atoms with E-state index in [4.69, 9.17) is 9.15 Å². The Morgan fingerprint density at radius 1 is 0.967 bits per heavy atom. The van der Waals surface area contributed by atoms with Crippen molar-refractivity contribution in [1.29, 1.82) is 0 Å². The summed E-state index contributed by atoms with van der Waals surface area (Å²) in [6.45, 7) is 1.69. The van der Waals surface area contributed by atoms with Gasteiger partial charge in [-0.15, -0.1) is 10.2 Å². The lowest BCUT2D eigenvalue weighted by Gasteiger charge is -2.25. The third kappa shape index (κ3) is 5.03. The van der Waals surface area contributed by atoms with Gasteiger partial charge in [0.25, 0.3) is 5.22 Å². The molecule has 0 bridgehead atoms. The lowest BCUT2D eigenvalue weighted by Crippen LogP contribution is -2.35. The predicted molar refractivity (Wildman–Crippen MR) is 115 cm³/mol. The molecule has 1 aliphatic heterocycles. The van der Waals surface area contributed by atoms with E-state index in [9.17, 15) is 8.42 Å². The molecule has 158 valence electrons. The fraction of sp³-hybridized carbons (Fsp3) is 0.333. The first-order valence-corrected chi connectivity index (χ1v) is 12.3. The van der Waals surface area contributed by atoms with E-state index >= 15 is 0 Å². The summed E-state index contributed by atoms with van der Waals surface area (Å²) in [6, 6.07) is 16.2. The minimum absolute atomic E-state index is 0.292. The first kappa shape index (κ1) is 20.9. The van der Waals surface area contributed by atoms with Gasteiger partial charge < -0.3 is 9.15 Å². The van der Waals surface area contributed by atoms with E-state index in [-0.39, 0.29) is 0 Å². The van der Waals surface area contributed by atoms with E-state index in [1.54, 1.807) is 28.6 Å². The number of hydrogen-bond donors (Lipinski definition) is 0. The number of rotatable bonds is 8. The molecule has 0 aliphatic carbocycles. The molecule has 0 unspecified atom stereocenters. The fourth-order valence-electron chi connectivity index (χ4n) is 3.21. The molecular formula is C21H23N3O4S2. The average Bonchev–Trinajstić information content (AvgIpc) is 3.27. The highest BCUT2D eigenvalue weighted by Crippen LogP contribution is 2.26. The Hall–Kier alpha value is -2.36. The second-order valence-corrected chi connectivity index (χ2v) is 9.86. The zero-order valence-electron chi connectivity index (χ0n) is 16.4. The van der Waals surface area contributed by atoms with E-state index in [1.807, 2.05) is 30.3 Å². The summed E-state index contributed by atoms with van der Waals surface area (Å²) in [6.07, 6.45) is 2.91. The first-order valence-electron chi connectivity index (χ1n) is 9.88. The molecule has 0 N–H and O–H groups in total. The number of thioether (sulfide) groups is 1. The van der Waals surface area contributed by atoms with Gasteiger partial charge in [-0.05, 0) is 49.2 Å². The number of aromatic nitrogens is 2. The molecule has 7 nitrogen and oxygen atoms in total. The highest BCUT2D eigenvalue weighted by atomic mass is 32.2. The topological polar surface area (TPSA) is 85.5 Å². The van der Waals surface area contributed by atoms with Crippen LogP contribution in [0.4, 0.5) is 0 Å². The van der Waals surface area contributed by atoms with Crippen molar-refractivity contribution in [3.05, 3.63) is 54.6 Å². The summed E-state index contributed by atoms with van der Waals surface area (Å²) >= 11 is 1.41. The first-order chi connectivity index (χ1) is 14.6. The van der Waals surface area contributed by atoms with E-state index in [0.29, 0.717) is 47.0 Å². The van der Waals surface area contributed by atoms with Crippen LogP contribution >= 0.6 is 11.8 Å². The van der Waals surface area contributed by atoms with Crippen molar-refractivity contribution in [1.82, 2.24) is 14.5 Å². The molecule has 0 spiro atoms. The van der Waals surface area contributed by atoms with Gasteiger partial charge >= 0.3 is 0 Å². The smallest absolute Gasteiger partial charge is 0.276 e. The number of benzene rings is 2. The predicted octanol–water partition coefficient (Wildman–Crippen LogP) is 4.08. The highest BCUT2D eigenvalue weighted by Gasteiger charge is 2.25. The molecule has 2 heterocycles. The monoisotopic (exact) mass is 445 g/mol. The maximum atomic E-state index is 12.7. The number of para-hydroxylation sites is 1. The minimum atomic E-state index is -3.44. The molecule has 0 amide bonds.